The Morgan fingerprint density at radius 1 is 1.43 bits per heavy atom. The molecule has 0 aliphatic rings. The topological polar surface area (TPSA) is 28.2 Å². The van der Waals surface area contributed by atoms with Gasteiger partial charge in [0.1, 0.15) is 0 Å². The maximum Gasteiger partial charge on any atom is 0.0572 e. The zero-order valence-electron chi connectivity index (χ0n) is 12.8. The summed E-state index contributed by atoms with van der Waals surface area (Å²) >= 11 is 5.27. The molecule has 0 aliphatic heterocycles. The minimum atomic E-state index is 0.303. The number of nitrogens with one attached hydrogen (secondary N) is 1. The Labute approximate surface area is 139 Å². The first-order chi connectivity index (χ1) is 10.1. The number of thiophene rings is 1. The van der Waals surface area contributed by atoms with E-state index in [1.54, 1.807) is 11.3 Å². The SMILES string of the molecule is CCCNC(C)c1ccc(N(C)Cc2cc(Br)cs2)cn1. The molecule has 2 heterocycles. The largest absolute Gasteiger partial charge is 0.368 e. The number of nitrogens with zero attached hydrogens (tertiary/aromatic N) is 2. The van der Waals surface area contributed by atoms with Crippen LogP contribution in [0, 0.1) is 0 Å². The number of rotatable bonds is 7. The molecule has 114 valence electrons. The van der Waals surface area contributed by atoms with Crippen LogP contribution in [0.1, 0.15) is 36.9 Å². The second-order valence-electron chi connectivity index (χ2n) is 5.20. The number of halogens is 1. The highest BCUT2D eigenvalue weighted by Crippen LogP contribution is 2.23. The average molecular weight is 368 g/mol. The lowest BCUT2D eigenvalue weighted by atomic mass is 10.2. The van der Waals surface area contributed by atoms with Gasteiger partial charge in [0, 0.05) is 27.8 Å². The van der Waals surface area contributed by atoms with Gasteiger partial charge in [0.25, 0.3) is 0 Å². The number of aromatic nitrogens is 1. The van der Waals surface area contributed by atoms with Crippen LogP contribution in [-0.4, -0.2) is 18.6 Å². The lowest BCUT2D eigenvalue weighted by Crippen LogP contribution is -2.21. The van der Waals surface area contributed by atoms with Crippen LogP contribution < -0.4 is 10.2 Å². The zero-order chi connectivity index (χ0) is 15.2. The van der Waals surface area contributed by atoms with Gasteiger partial charge >= 0.3 is 0 Å². The van der Waals surface area contributed by atoms with E-state index in [1.165, 1.54) is 4.88 Å². The van der Waals surface area contributed by atoms with E-state index in [9.17, 15) is 0 Å². The smallest absolute Gasteiger partial charge is 0.0572 e. The Morgan fingerprint density at radius 3 is 2.81 bits per heavy atom. The Kier molecular flexibility index (Phi) is 6.21. The van der Waals surface area contributed by atoms with Crippen molar-refractivity contribution >= 4 is 33.0 Å². The molecule has 0 amide bonds. The molecular formula is C16H22BrN3S. The van der Waals surface area contributed by atoms with E-state index >= 15 is 0 Å². The van der Waals surface area contributed by atoms with E-state index in [4.69, 9.17) is 0 Å². The maximum atomic E-state index is 4.59. The molecule has 21 heavy (non-hydrogen) atoms. The minimum absolute atomic E-state index is 0.303. The highest BCUT2D eigenvalue weighted by Gasteiger charge is 2.08. The van der Waals surface area contributed by atoms with Crippen molar-refractivity contribution in [3.05, 3.63) is 44.8 Å². The van der Waals surface area contributed by atoms with Gasteiger partial charge in [0.2, 0.25) is 0 Å². The standard InChI is InChI=1S/C16H22BrN3S/c1-4-7-18-12(2)16-6-5-14(9-19-16)20(3)10-15-8-13(17)11-21-15/h5-6,8-9,11-12,18H,4,7,10H2,1-3H3. The van der Waals surface area contributed by atoms with Gasteiger partial charge in [-0.2, -0.15) is 0 Å². The number of anilines is 1. The molecule has 0 saturated heterocycles. The molecule has 0 spiro atoms. The van der Waals surface area contributed by atoms with Gasteiger partial charge in [-0.1, -0.05) is 6.92 Å². The first kappa shape index (κ1) is 16.5. The fraction of sp³-hybridized carbons (Fsp3) is 0.438. The fourth-order valence-corrected chi connectivity index (χ4v) is 3.61. The predicted molar refractivity (Wildman–Crippen MR) is 95.1 cm³/mol. The van der Waals surface area contributed by atoms with E-state index in [0.717, 1.165) is 35.4 Å². The molecule has 2 aromatic heterocycles. The minimum Gasteiger partial charge on any atom is -0.368 e. The van der Waals surface area contributed by atoms with Crippen LogP contribution in [0.2, 0.25) is 0 Å². The van der Waals surface area contributed by atoms with Crippen molar-refractivity contribution in [2.75, 3.05) is 18.5 Å². The normalized spacial score (nSPS) is 12.4. The molecule has 0 saturated carbocycles. The molecule has 5 heteroatoms. The van der Waals surface area contributed by atoms with Crippen molar-refractivity contribution in [3.63, 3.8) is 0 Å². The molecule has 0 aliphatic carbocycles. The van der Waals surface area contributed by atoms with Crippen LogP contribution in [0.5, 0.6) is 0 Å². The van der Waals surface area contributed by atoms with Crippen molar-refractivity contribution in [2.24, 2.45) is 0 Å². The summed E-state index contributed by atoms with van der Waals surface area (Å²) in [6, 6.07) is 6.73. The first-order valence-electron chi connectivity index (χ1n) is 7.23. The molecule has 1 atom stereocenters. The summed E-state index contributed by atoms with van der Waals surface area (Å²) < 4.78 is 1.15. The molecule has 2 aromatic rings. The first-order valence-corrected chi connectivity index (χ1v) is 8.90. The van der Waals surface area contributed by atoms with Gasteiger partial charge in [-0.15, -0.1) is 11.3 Å². The van der Waals surface area contributed by atoms with E-state index < -0.39 is 0 Å². The summed E-state index contributed by atoms with van der Waals surface area (Å²) in [7, 11) is 2.10. The third-order valence-corrected chi connectivity index (χ3v) is 5.05. The molecule has 1 N–H and O–H groups in total. The lowest BCUT2D eigenvalue weighted by molar-refractivity contribution is 0.558. The van der Waals surface area contributed by atoms with Gasteiger partial charge in [0.15, 0.2) is 0 Å². The van der Waals surface area contributed by atoms with Crippen molar-refractivity contribution in [1.82, 2.24) is 10.3 Å². The van der Waals surface area contributed by atoms with Crippen molar-refractivity contribution in [1.29, 1.82) is 0 Å². The Bertz CT molecular complexity index is 553. The Hall–Kier alpha value is -0.910. The Morgan fingerprint density at radius 2 is 2.24 bits per heavy atom. The predicted octanol–water partition coefficient (Wildman–Crippen LogP) is 4.60. The average Bonchev–Trinajstić information content (AvgIpc) is 2.90. The van der Waals surface area contributed by atoms with Crippen LogP contribution in [0.25, 0.3) is 0 Å². The van der Waals surface area contributed by atoms with Gasteiger partial charge in [-0.3, -0.25) is 4.98 Å². The van der Waals surface area contributed by atoms with Crippen LogP contribution in [0.4, 0.5) is 5.69 Å². The molecule has 0 radical (unpaired) electrons. The summed E-state index contributed by atoms with van der Waals surface area (Å²) in [5.41, 5.74) is 2.24. The van der Waals surface area contributed by atoms with E-state index in [-0.39, 0.29) is 0 Å². The van der Waals surface area contributed by atoms with Crippen LogP contribution >= 0.6 is 27.3 Å². The van der Waals surface area contributed by atoms with Gasteiger partial charge in [0.05, 0.1) is 24.1 Å². The second-order valence-corrected chi connectivity index (χ2v) is 7.12. The zero-order valence-corrected chi connectivity index (χ0v) is 15.2. The summed E-state index contributed by atoms with van der Waals surface area (Å²) in [4.78, 5) is 8.15. The van der Waals surface area contributed by atoms with E-state index in [0.29, 0.717) is 6.04 Å². The van der Waals surface area contributed by atoms with Gasteiger partial charge in [-0.05, 0) is 54.0 Å². The van der Waals surface area contributed by atoms with E-state index in [2.05, 4.69) is 75.6 Å². The van der Waals surface area contributed by atoms with Crippen molar-refractivity contribution in [2.45, 2.75) is 32.9 Å². The third-order valence-electron chi connectivity index (χ3n) is 3.37. The number of hydrogen-bond donors (Lipinski definition) is 1. The highest BCUT2D eigenvalue weighted by atomic mass is 79.9. The fourth-order valence-electron chi connectivity index (χ4n) is 2.11. The summed E-state index contributed by atoms with van der Waals surface area (Å²) in [6.45, 7) is 6.26. The molecule has 1 unspecified atom stereocenters. The van der Waals surface area contributed by atoms with Crippen LogP contribution in [0.15, 0.2) is 34.2 Å². The van der Waals surface area contributed by atoms with E-state index in [1.807, 2.05) is 6.20 Å². The Balaban J connectivity index is 1.97. The molecular weight excluding hydrogens is 346 g/mol. The maximum absolute atomic E-state index is 4.59. The van der Waals surface area contributed by atoms with Crippen molar-refractivity contribution < 1.29 is 0 Å². The molecule has 0 bridgehead atoms. The van der Waals surface area contributed by atoms with Gasteiger partial charge < -0.3 is 10.2 Å². The second kappa shape index (κ2) is 7.92. The van der Waals surface area contributed by atoms with Crippen molar-refractivity contribution in [3.8, 4) is 0 Å². The number of hydrogen-bond acceptors (Lipinski definition) is 4. The summed E-state index contributed by atoms with van der Waals surface area (Å²) in [5.74, 6) is 0. The summed E-state index contributed by atoms with van der Waals surface area (Å²) in [6.07, 6.45) is 3.10. The number of pyridine rings is 1. The lowest BCUT2D eigenvalue weighted by Gasteiger charge is -2.19. The van der Waals surface area contributed by atoms with Crippen LogP contribution in [0.3, 0.4) is 0 Å². The molecule has 0 fully saturated rings. The molecule has 0 aromatic carbocycles. The van der Waals surface area contributed by atoms with Gasteiger partial charge in [-0.25, -0.2) is 0 Å². The van der Waals surface area contributed by atoms with Crippen LogP contribution in [-0.2, 0) is 6.54 Å². The monoisotopic (exact) mass is 367 g/mol. The molecule has 3 nitrogen and oxygen atoms in total. The summed E-state index contributed by atoms with van der Waals surface area (Å²) in [5, 5.41) is 5.58. The quantitative estimate of drug-likeness (QED) is 0.774. The highest BCUT2D eigenvalue weighted by molar-refractivity contribution is 9.10. The molecule has 2 rings (SSSR count). The third kappa shape index (κ3) is 4.80.